The Hall–Kier alpha value is -2.73. The first-order valence-electron chi connectivity index (χ1n) is 10.8. The van der Waals surface area contributed by atoms with Gasteiger partial charge in [-0.05, 0) is 37.1 Å². The van der Waals surface area contributed by atoms with Gasteiger partial charge in [-0.3, -0.25) is 4.98 Å². The molecular formula is C23H28N6. The van der Waals surface area contributed by atoms with Crippen molar-refractivity contribution in [2.75, 3.05) is 36.4 Å². The average Bonchev–Trinajstić information content (AvgIpc) is 2.80. The van der Waals surface area contributed by atoms with Crippen LogP contribution in [0.1, 0.15) is 32.1 Å². The van der Waals surface area contributed by atoms with E-state index >= 15 is 0 Å². The quantitative estimate of drug-likeness (QED) is 0.708. The van der Waals surface area contributed by atoms with Gasteiger partial charge < -0.3 is 15.5 Å². The maximum absolute atomic E-state index is 5.06. The highest BCUT2D eigenvalue weighted by Gasteiger charge is 2.18. The molecule has 1 aliphatic heterocycles. The molecule has 4 heterocycles. The lowest BCUT2D eigenvalue weighted by atomic mass is 9.95. The lowest BCUT2D eigenvalue weighted by molar-refractivity contribution is 0.462. The Morgan fingerprint density at radius 2 is 1.83 bits per heavy atom. The van der Waals surface area contributed by atoms with Crippen LogP contribution >= 0.6 is 0 Å². The van der Waals surface area contributed by atoms with Gasteiger partial charge in [0.15, 0.2) is 5.82 Å². The van der Waals surface area contributed by atoms with Gasteiger partial charge >= 0.3 is 0 Å². The van der Waals surface area contributed by atoms with Crippen molar-refractivity contribution in [1.29, 1.82) is 0 Å². The smallest absolute Gasteiger partial charge is 0.155 e. The van der Waals surface area contributed by atoms with Crippen molar-refractivity contribution in [2.24, 2.45) is 0 Å². The summed E-state index contributed by atoms with van der Waals surface area (Å²) in [6, 6.07) is 11.0. The minimum absolute atomic E-state index is 0.539. The highest BCUT2D eigenvalue weighted by Crippen LogP contribution is 2.30. The molecule has 29 heavy (non-hydrogen) atoms. The van der Waals surface area contributed by atoms with E-state index in [0.29, 0.717) is 6.04 Å². The molecule has 2 aliphatic rings. The third-order valence-electron chi connectivity index (χ3n) is 6.00. The largest absolute Gasteiger partial charge is 0.367 e. The topological polar surface area (TPSA) is 66.0 Å². The standard InChI is InChI=1S/C23H28N6/c1-2-6-19(7-3-1)27-21-16-17(8-10-25-21)20-15-18-5-4-9-26-22(18)23(28-20)29-13-11-24-12-14-29/h4-5,8-10,15-16,19,24H,1-3,6-7,11-14H2,(H,25,27). The molecule has 3 aromatic heterocycles. The molecule has 2 fully saturated rings. The first-order chi connectivity index (χ1) is 14.4. The molecule has 2 N–H and O–H groups in total. The van der Waals surface area contributed by atoms with Crippen LogP contribution in [0.3, 0.4) is 0 Å². The molecular weight excluding hydrogens is 360 g/mol. The fourth-order valence-corrected chi connectivity index (χ4v) is 4.44. The molecule has 0 atom stereocenters. The number of anilines is 2. The summed E-state index contributed by atoms with van der Waals surface area (Å²) >= 11 is 0. The number of nitrogens with zero attached hydrogens (tertiary/aromatic N) is 4. The van der Waals surface area contributed by atoms with Crippen LogP contribution < -0.4 is 15.5 Å². The summed E-state index contributed by atoms with van der Waals surface area (Å²) in [5.41, 5.74) is 3.06. The second-order valence-corrected chi connectivity index (χ2v) is 8.05. The normalized spacial score (nSPS) is 18.1. The number of fused-ring (bicyclic) bond motifs is 1. The number of piperazine rings is 1. The molecule has 150 valence electrons. The SMILES string of the molecule is c1cnc2c(N3CCNCC3)nc(-c3ccnc(NC4CCCCC4)c3)cc2c1. The minimum Gasteiger partial charge on any atom is -0.367 e. The zero-order valence-electron chi connectivity index (χ0n) is 16.8. The molecule has 0 unspecified atom stereocenters. The van der Waals surface area contributed by atoms with Gasteiger partial charge in [0.25, 0.3) is 0 Å². The predicted octanol–water partition coefficient (Wildman–Crippen LogP) is 3.85. The van der Waals surface area contributed by atoms with Crippen LogP contribution in [0, 0.1) is 0 Å². The van der Waals surface area contributed by atoms with Gasteiger partial charge in [0, 0.05) is 55.6 Å². The Labute approximate surface area is 171 Å². The first kappa shape index (κ1) is 18.3. The van der Waals surface area contributed by atoms with Crippen molar-refractivity contribution in [3.8, 4) is 11.3 Å². The molecule has 6 nitrogen and oxygen atoms in total. The van der Waals surface area contributed by atoms with E-state index in [-0.39, 0.29) is 0 Å². The van der Waals surface area contributed by atoms with Crippen molar-refractivity contribution in [3.05, 3.63) is 42.7 Å². The molecule has 0 aromatic carbocycles. The van der Waals surface area contributed by atoms with E-state index in [4.69, 9.17) is 4.98 Å². The van der Waals surface area contributed by atoms with Crippen molar-refractivity contribution < 1.29 is 0 Å². The predicted molar refractivity (Wildman–Crippen MR) is 118 cm³/mol. The summed E-state index contributed by atoms with van der Waals surface area (Å²) in [7, 11) is 0. The highest BCUT2D eigenvalue weighted by molar-refractivity contribution is 5.91. The maximum Gasteiger partial charge on any atom is 0.155 e. The fourth-order valence-electron chi connectivity index (χ4n) is 4.44. The van der Waals surface area contributed by atoms with Gasteiger partial charge in [0.1, 0.15) is 11.3 Å². The van der Waals surface area contributed by atoms with Gasteiger partial charge in [-0.25, -0.2) is 9.97 Å². The number of aromatic nitrogens is 3. The summed E-state index contributed by atoms with van der Waals surface area (Å²) in [6.07, 6.45) is 10.2. The van der Waals surface area contributed by atoms with E-state index in [1.165, 1.54) is 32.1 Å². The maximum atomic E-state index is 5.06. The van der Waals surface area contributed by atoms with Crippen LogP contribution in [-0.4, -0.2) is 47.2 Å². The Morgan fingerprint density at radius 3 is 2.69 bits per heavy atom. The lowest BCUT2D eigenvalue weighted by Crippen LogP contribution is -2.44. The monoisotopic (exact) mass is 388 g/mol. The van der Waals surface area contributed by atoms with Crippen molar-refractivity contribution in [3.63, 3.8) is 0 Å². The summed E-state index contributed by atoms with van der Waals surface area (Å²) in [6.45, 7) is 3.86. The molecule has 6 heteroatoms. The van der Waals surface area contributed by atoms with Crippen molar-refractivity contribution in [2.45, 2.75) is 38.1 Å². The van der Waals surface area contributed by atoms with E-state index in [2.05, 4.69) is 49.8 Å². The summed E-state index contributed by atoms with van der Waals surface area (Å²) in [5, 5.41) is 8.18. The number of hydrogen-bond acceptors (Lipinski definition) is 6. The zero-order valence-corrected chi connectivity index (χ0v) is 16.8. The van der Waals surface area contributed by atoms with Crippen LogP contribution in [0.15, 0.2) is 42.7 Å². The number of hydrogen-bond donors (Lipinski definition) is 2. The molecule has 1 saturated carbocycles. The zero-order chi connectivity index (χ0) is 19.5. The molecule has 1 saturated heterocycles. The number of pyridine rings is 3. The van der Waals surface area contributed by atoms with Gasteiger partial charge in [0.05, 0.1) is 5.69 Å². The highest BCUT2D eigenvalue weighted by atomic mass is 15.2. The van der Waals surface area contributed by atoms with E-state index < -0.39 is 0 Å². The Morgan fingerprint density at radius 1 is 0.966 bits per heavy atom. The molecule has 0 amide bonds. The van der Waals surface area contributed by atoms with E-state index in [0.717, 1.165) is 60.0 Å². The molecule has 0 radical (unpaired) electrons. The molecule has 1 aliphatic carbocycles. The number of nitrogens with one attached hydrogen (secondary N) is 2. The van der Waals surface area contributed by atoms with Crippen LogP contribution in [-0.2, 0) is 0 Å². The van der Waals surface area contributed by atoms with E-state index in [9.17, 15) is 0 Å². The van der Waals surface area contributed by atoms with Gasteiger partial charge in [0.2, 0.25) is 0 Å². The van der Waals surface area contributed by atoms with Gasteiger partial charge in [-0.15, -0.1) is 0 Å². The second kappa shape index (κ2) is 8.33. The van der Waals surface area contributed by atoms with Crippen LogP contribution in [0.25, 0.3) is 22.2 Å². The third-order valence-corrected chi connectivity index (χ3v) is 6.00. The molecule has 0 bridgehead atoms. The summed E-state index contributed by atoms with van der Waals surface area (Å²) in [4.78, 5) is 16.6. The third kappa shape index (κ3) is 4.03. The van der Waals surface area contributed by atoms with E-state index in [1.54, 1.807) is 0 Å². The molecule has 3 aromatic rings. The summed E-state index contributed by atoms with van der Waals surface area (Å²) in [5.74, 6) is 1.93. The summed E-state index contributed by atoms with van der Waals surface area (Å²) < 4.78 is 0. The average molecular weight is 389 g/mol. The Bertz CT molecular complexity index is 976. The fraction of sp³-hybridized carbons (Fsp3) is 0.435. The Kier molecular flexibility index (Phi) is 5.26. The van der Waals surface area contributed by atoms with E-state index in [1.807, 2.05) is 18.5 Å². The van der Waals surface area contributed by atoms with Crippen LogP contribution in [0.5, 0.6) is 0 Å². The second-order valence-electron chi connectivity index (χ2n) is 8.05. The van der Waals surface area contributed by atoms with Crippen molar-refractivity contribution >= 4 is 22.5 Å². The van der Waals surface area contributed by atoms with Gasteiger partial charge in [-0.2, -0.15) is 0 Å². The molecule has 5 rings (SSSR count). The minimum atomic E-state index is 0.539. The van der Waals surface area contributed by atoms with Crippen LogP contribution in [0.2, 0.25) is 0 Å². The lowest BCUT2D eigenvalue weighted by Gasteiger charge is -2.29. The van der Waals surface area contributed by atoms with Gasteiger partial charge in [-0.1, -0.05) is 25.3 Å². The number of rotatable bonds is 4. The first-order valence-corrected chi connectivity index (χ1v) is 10.8. The van der Waals surface area contributed by atoms with Crippen LogP contribution in [0.4, 0.5) is 11.6 Å². The molecule has 0 spiro atoms. The Balaban J connectivity index is 1.50. The van der Waals surface area contributed by atoms with Crippen molar-refractivity contribution in [1.82, 2.24) is 20.3 Å².